The number of hydrogen-bond acceptors (Lipinski definition) is 4. The molecule has 0 saturated carbocycles. The molecule has 3 aromatic rings. The molecule has 1 aliphatic carbocycles. The normalized spacial score (nSPS) is 12.0. The van der Waals surface area contributed by atoms with Crippen molar-refractivity contribution in [3.8, 4) is 28.7 Å². The average Bonchev–Trinajstić information content (AvgIpc) is 3.83. The summed E-state index contributed by atoms with van der Waals surface area (Å²) in [5.74, 6) is 1.18. The fourth-order valence-electron chi connectivity index (χ4n) is 6.56. The van der Waals surface area contributed by atoms with Gasteiger partial charge in [-0.2, -0.15) is 5.26 Å². The quantitative estimate of drug-likeness (QED) is 0.0598. The third-order valence-electron chi connectivity index (χ3n) is 11.3. The first-order valence-electron chi connectivity index (χ1n) is 26.0. The number of fused-ring (bicyclic) bond motifs is 1. The van der Waals surface area contributed by atoms with Crippen LogP contribution in [0.4, 0.5) is 4.39 Å². The van der Waals surface area contributed by atoms with Gasteiger partial charge in [-0.25, -0.2) is 4.39 Å². The molecule has 2 N–H and O–H groups in total. The van der Waals surface area contributed by atoms with Gasteiger partial charge in [-0.3, -0.25) is 0 Å². The van der Waals surface area contributed by atoms with E-state index in [1.54, 1.807) is 12.1 Å². The van der Waals surface area contributed by atoms with Crippen LogP contribution in [0, 0.1) is 23.1 Å². The van der Waals surface area contributed by atoms with Crippen molar-refractivity contribution < 1.29 is 19.3 Å². The van der Waals surface area contributed by atoms with Gasteiger partial charge in [0, 0.05) is 18.2 Å². The molecule has 0 spiro atoms. The van der Waals surface area contributed by atoms with E-state index in [1.807, 2.05) is 62.4 Å². The molecule has 0 aromatic heterocycles. The van der Waals surface area contributed by atoms with Crippen LogP contribution in [0.3, 0.4) is 0 Å². The molecule has 1 unspecified atom stereocenters. The first-order chi connectivity index (χ1) is 32.0. The maximum Gasteiger partial charge on any atom is 0.137 e. The summed E-state index contributed by atoms with van der Waals surface area (Å²) in [5, 5.41) is 27.7. The summed E-state index contributed by atoms with van der Waals surface area (Å²) < 4.78 is 19.6. The Labute approximate surface area is 410 Å². The number of allylic oxidation sites excluding steroid dienone is 4. The first kappa shape index (κ1) is 64.2. The zero-order valence-electron chi connectivity index (χ0n) is 43.9. The van der Waals surface area contributed by atoms with Gasteiger partial charge in [0.15, 0.2) is 0 Å². The number of phenols is 1. The summed E-state index contributed by atoms with van der Waals surface area (Å²) in [5.41, 5.74) is 6.96. The van der Waals surface area contributed by atoms with E-state index in [9.17, 15) is 14.8 Å². The standard InChI is InChI=1S/C20H24ClNO2.C15H13F.C8H18.C7H16.C6H14O.C4H10/c1-4-7-8-9-16(13-22)10-15(5-2)14-24-20-12-19(23)18(21)11-17(20)6-3;16-15-10-2-1-7-14(15)13-9-4-6-11-5-3-8-12(11)13;1-3-5-7-8-6-4-2;1-3-5-7-6-4-2;1-3-6(2)4-5-7;1-3-4-2/h5,8-12,23H,4,6-7,14H2,1-3H3;1-2,4,6-7,9-10H,3,5,8H2;3-8H2,1-2H3;3-7H2,1-2H3;6-7H,3-5H2,1-2H3;3-4H2,1-2H3/b9-8-,15-5+,16-10+;;;;;. The number of aryl methyl sites for hydroxylation is 2. The predicted molar refractivity (Wildman–Crippen MR) is 289 cm³/mol. The molecule has 0 aliphatic heterocycles. The van der Waals surface area contributed by atoms with Crippen molar-refractivity contribution >= 4 is 11.6 Å². The van der Waals surface area contributed by atoms with E-state index in [4.69, 9.17) is 21.4 Å². The number of nitriles is 1. The molecular weight excluding hydrogens is 837 g/mol. The average molecular weight is 933 g/mol. The number of aromatic hydroxyl groups is 1. The van der Waals surface area contributed by atoms with Crippen LogP contribution in [0.15, 0.2) is 90.0 Å². The smallest absolute Gasteiger partial charge is 0.137 e. The molecular formula is C60H95ClFNO3. The SMILES string of the molecule is CCC(C)CCO.CCCC.CCCCCCC.CCCCCCCC.C\C=C(/C=C(C#N)\C=C/CCC)COc1cc(O)c(Cl)cc1CC.Fc1ccccc1-c1cccc2c1CCC2. The number of rotatable bonds is 22. The molecule has 3 aromatic carbocycles. The third-order valence-corrected chi connectivity index (χ3v) is 11.6. The van der Waals surface area contributed by atoms with Gasteiger partial charge in [-0.1, -0.05) is 226 Å². The Morgan fingerprint density at radius 3 is 1.86 bits per heavy atom. The van der Waals surface area contributed by atoms with E-state index in [0.29, 0.717) is 35.5 Å². The highest BCUT2D eigenvalue weighted by atomic mass is 35.5. The van der Waals surface area contributed by atoms with Crippen LogP contribution in [0.25, 0.3) is 11.1 Å². The van der Waals surface area contributed by atoms with Gasteiger partial charge in [-0.05, 0) is 103 Å². The molecule has 0 heterocycles. The van der Waals surface area contributed by atoms with Gasteiger partial charge in [0.25, 0.3) is 0 Å². The number of aliphatic hydroxyl groups is 1. The molecule has 372 valence electrons. The molecule has 6 heteroatoms. The molecule has 1 aliphatic rings. The number of unbranched alkanes of at least 4 members (excludes halogenated alkanes) is 11. The van der Waals surface area contributed by atoms with Crippen LogP contribution in [-0.4, -0.2) is 23.4 Å². The highest BCUT2D eigenvalue weighted by molar-refractivity contribution is 6.32. The van der Waals surface area contributed by atoms with E-state index < -0.39 is 0 Å². The van der Waals surface area contributed by atoms with E-state index in [0.717, 1.165) is 60.8 Å². The summed E-state index contributed by atoms with van der Waals surface area (Å²) in [4.78, 5) is 0. The van der Waals surface area contributed by atoms with Crippen LogP contribution >= 0.6 is 11.6 Å². The van der Waals surface area contributed by atoms with Crippen LogP contribution in [0.2, 0.25) is 5.02 Å². The van der Waals surface area contributed by atoms with Crippen molar-refractivity contribution in [2.75, 3.05) is 13.2 Å². The van der Waals surface area contributed by atoms with E-state index in [2.05, 4.69) is 74.4 Å². The van der Waals surface area contributed by atoms with Crippen molar-refractivity contribution in [2.24, 2.45) is 5.92 Å². The maximum atomic E-state index is 13.7. The molecule has 66 heavy (non-hydrogen) atoms. The summed E-state index contributed by atoms with van der Waals surface area (Å²) in [7, 11) is 0. The lowest BCUT2D eigenvalue weighted by Gasteiger charge is -2.12. The van der Waals surface area contributed by atoms with Gasteiger partial charge in [-0.15, -0.1) is 0 Å². The van der Waals surface area contributed by atoms with Crippen molar-refractivity contribution in [3.63, 3.8) is 0 Å². The van der Waals surface area contributed by atoms with E-state index in [1.165, 1.54) is 120 Å². The number of aliphatic hydroxyl groups excluding tert-OH is 1. The molecule has 0 amide bonds. The van der Waals surface area contributed by atoms with E-state index >= 15 is 0 Å². The minimum Gasteiger partial charge on any atom is -0.506 e. The fraction of sp³-hybridized carbons (Fsp3) is 0.583. The Kier molecular flexibility index (Phi) is 43.8. The lowest BCUT2D eigenvalue weighted by molar-refractivity contribution is 0.260. The summed E-state index contributed by atoms with van der Waals surface area (Å²) in [6, 6.07) is 18.7. The number of halogens is 2. The first-order valence-corrected chi connectivity index (χ1v) is 26.4. The number of ether oxygens (including phenoxy) is 1. The second kappa shape index (κ2) is 45.0. The molecule has 0 bridgehead atoms. The van der Waals surface area contributed by atoms with Gasteiger partial charge in [0.1, 0.15) is 23.9 Å². The van der Waals surface area contributed by atoms with Crippen molar-refractivity contribution in [3.05, 3.63) is 118 Å². The zero-order valence-corrected chi connectivity index (χ0v) is 44.6. The summed E-state index contributed by atoms with van der Waals surface area (Å²) in [6.07, 6.45) is 34.0. The van der Waals surface area contributed by atoms with Crippen molar-refractivity contribution in [1.29, 1.82) is 5.26 Å². The van der Waals surface area contributed by atoms with Gasteiger partial charge < -0.3 is 14.9 Å². The third kappa shape index (κ3) is 31.2. The molecule has 4 nitrogen and oxygen atoms in total. The highest BCUT2D eigenvalue weighted by Gasteiger charge is 2.16. The summed E-state index contributed by atoms with van der Waals surface area (Å²) >= 11 is 5.93. The summed E-state index contributed by atoms with van der Waals surface area (Å²) in [6.45, 7) is 24.3. The monoisotopic (exact) mass is 932 g/mol. The molecule has 0 saturated heterocycles. The Morgan fingerprint density at radius 2 is 1.38 bits per heavy atom. The Morgan fingerprint density at radius 1 is 0.788 bits per heavy atom. The van der Waals surface area contributed by atoms with Gasteiger partial charge >= 0.3 is 0 Å². The van der Waals surface area contributed by atoms with Gasteiger partial charge in [0.05, 0.1) is 16.7 Å². The minimum atomic E-state index is -0.122. The Bertz CT molecular complexity index is 1740. The fourth-order valence-corrected chi connectivity index (χ4v) is 6.75. The van der Waals surface area contributed by atoms with Crippen molar-refractivity contribution in [2.45, 2.75) is 211 Å². The predicted octanol–water partition coefficient (Wildman–Crippen LogP) is 19.3. The second-order valence-electron chi connectivity index (χ2n) is 17.1. The van der Waals surface area contributed by atoms with Crippen LogP contribution in [0.5, 0.6) is 11.5 Å². The molecule has 0 fully saturated rings. The van der Waals surface area contributed by atoms with E-state index in [-0.39, 0.29) is 11.6 Å². The lowest BCUT2D eigenvalue weighted by Crippen LogP contribution is -2.02. The maximum absolute atomic E-state index is 13.7. The molecule has 4 rings (SSSR count). The van der Waals surface area contributed by atoms with Crippen LogP contribution in [-0.2, 0) is 19.3 Å². The Balaban J connectivity index is 0. The van der Waals surface area contributed by atoms with Crippen LogP contribution < -0.4 is 4.74 Å². The Hall–Kier alpha value is -3.85. The van der Waals surface area contributed by atoms with Crippen molar-refractivity contribution in [1.82, 2.24) is 0 Å². The second-order valence-corrected chi connectivity index (χ2v) is 17.5. The largest absolute Gasteiger partial charge is 0.506 e. The number of nitrogens with zero attached hydrogens (tertiary/aromatic N) is 1. The topological polar surface area (TPSA) is 73.5 Å². The molecule has 1 atom stereocenters. The van der Waals surface area contributed by atoms with Gasteiger partial charge in [0.2, 0.25) is 0 Å². The highest BCUT2D eigenvalue weighted by Crippen LogP contribution is 2.34. The lowest BCUT2D eigenvalue weighted by atomic mass is 9.97. The minimum absolute atomic E-state index is 0.00153. The number of phenolic OH excluding ortho intramolecular Hbond substituents is 1. The molecule has 0 radical (unpaired) electrons. The number of benzene rings is 3. The number of hydrogen-bond donors (Lipinski definition) is 2. The zero-order chi connectivity index (χ0) is 49.8. The van der Waals surface area contributed by atoms with Crippen LogP contribution in [0.1, 0.15) is 208 Å².